The van der Waals surface area contributed by atoms with E-state index in [0.717, 1.165) is 31.2 Å². The van der Waals surface area contributed by atoms with Gasteiger partial charge in [0, 0.05) is 6.54 Å². The summed E-state index contributed by atoms with van der Waals surface area (Å²) >= 11 is 1.36. The number of fused-ring (bicyclic) bond motifs is 1. The predicted octanol–water partition coefficient (Wildman–Crippen LogP) is 3.09. The molecule has 1 aromatic heterocycles. The normalized spacial score (nSPS) is 20.8. The van der Waals surface area contributed by atoms with E-state index in [1.54, 1.807) is 11.0 Å². The van der Waals surface area contributed by atoms with Crippen molar-refractivity contribution in [2.24, 2.45) is 0 Å². The molecular weight excluding hydrogens is 388 g/mol. The molecular formula is C22H24N2O4S. The van der Waals surface area contributed by atoms with Crippen molar-refractivity contribution < 1.29 is 19.1 Å². The lowest BCUT2D eigenvalue weighted by molar-refractivity contribution is -0.152. The topological polar surface area (TPSA) is 75.7 Å². The van der Waals surface area contributed by atoms with Gasteiger partial charge in [-0.2, -0.15) is 0 Å². The van der Waals surface area contributed by atoms with Crippen LogP contribution in [0.25, 0.3) is 0 Å². The summed E-state index contributed by atoms with van der Waals surface area (Å²) in [5.41, 5.74) is 2.40. The second kappa shape index (κ2) is 8.78. The summed E-state index contributed by atoms with van der Waals surface area (Å²) in [6.07, 6.45) is 4.23. The van der Waals surface area contributed by atoms with Crippen molar-refractivity contribution in [1.29, 1.82) is 0 Å². The van der Waals surface area contributed by atoms with Gasteiger partial charge in [0.1, 0.15) is 6.04 Å². The van der Waals surface area contributed by atoms with E-state index in [-0.39, 0.29) is 24.5 Å². The minimum Gasteiger partial charge on any atom is -0.454 e. The first kappa shape index (κ1) is 19.6. The molecule has 4 rings (SSSR count). The molecule has 1 saturated heterocycles. The van der Waals surface area contributed by atoms with Gasteiger partial charge < -0.3 is 15.0 Å². The summed E-state index contributed by atoms with van der Waals surface area (Å²) in [7, 11) is 0. The summed E-state index contributed by atoms with van der Waals surface area (Å²) in [6.45, 7) is 0.205. The van der Waals surface area contributed by atoms with E-state index >= 15 is 0 Å². The summed E-state index contributed by atoms with van der Waals surface area (Å²) in [4.78, 5) is 39.7. The summed E-state index contributed by atoms with van der Waals surface area (Å²) in [5.74, 6) is -0.969. The van der Waals surface area contributed by atoms with Crippen molar-refractivity contribution in [3.05, 3.63) is 57.8 Å². The molecule has 29 heavy (non-hydrogen) atoms. The van der Waals surface area contributed by atoms with Crippen LogP contribution in [0.5, 0.6) is 0 Å². The lowest BCUT2D eigenvalue weighted by Gasteiger charge is -2.26. The number of hydrogen-bond acceptors (Lipinski definition) is 5. The van der Waals surface area contributed by atoms with Gasteiger partial charge in [0.15, 0.2) is 6.61 Å². The third-order valence-electron chi connectivity index (χ3n) is 5.57. The average molecular weight is 413 g/mol. The number of rotatable bonds is 5. The van der Waals surface area contributed by atoms with Gasteiger partial charge in [0.25, 0.3) is 11.8 Å². The molecule has 1 N–H and O–H groups in total. The van der Waals surface area contributed by atoms with Gasteiger partial charge in [-0.1, -0.05) is 30.3 Å². The molecule has 2 aliphatic rings. The Morgan fingerprint density at radius 1 is 1.10 bits per heavy atom. The molecule has 2 unspecified atom stereocenters. The number of nitrogens with zero attached hydrogens (tertiary/aromatic N) is 1. The zero-order valence-corrected chi connectivity index (χ0v) is 17.0. The van der Waals surface area contributed by atoms with Gasteiger partial charge in [-0.3, -0.25) is 9.59 Å². The highest BCUT2D eigenvalue weighted by Crippen LogP contribution is 2.29. The quantitative estimate of drug-likeness (QED) is 0.766. The van der Waals surface area contributed by atoms with Gasteiger partial charge in [-0.25, -0.2) is 4.79 Å². The van der Waals surface area contributed by atoms with Crippen molar-refractivity contribution in [3.8, 4) is 0 Å². The number of amides is 2. The lowest BCUT2D eigenvalue weighted by atomic mass is 9.88. The number of carbonyl (C=O) groups excluding carboxylic acids is 3. The van der Waals surface area contributed by atoms with E-state index in [2.05, 4.69) is 11.4 Å². The van der Waals surface area contributed by atoms with Crippen LogP contribution in [0.2, 0.25) is 0 Å². The first-order chi connectivity index (χ1) is 14.1. The Bertz CT molecular complexity index is 896. The highest BCUT2D eigenvalue weighted by atomic mass is 32.1. The van der Waals surface area contributed by atoms with Crippen molar-refractivity contribution in [1.82, 2.24) is 10.2 Å². The van der Waals surface area contributed by atoms with Crippen LogP contribution in [-0.2, 0) is 20.7 Å². The zero-order valence-electron chi connectivity index (χ0n) is 16.1. The van der Waals surface area contributed by atoms with Gasteiger partial charge in [0.05, 0.1) is 10.9 Å². The first-order valence-electron chi connectivity index (χ1n) is 10.0. The van der Waals surface area contributed by atoms with Crippen LogP contribution in [0.1, 0.15) is 52.5 Å². The SMILES string of the molecule is O=C(COC(=O)C1CCCN1C(=O)c1cccs1)NC1CCCc2ccccc21. The van der Waals surface area contributed by atoms with Crippen LogP contribution in [0.3, 0.4) is 0 Å². The van der Waals surface area contributed by atoms with Crippen LogP contribution in [-0.4, -0.2) is 41.9 Å². The Hall–Kier alpha value is -2.67. The number of thiophene rings is 1. The molecule has 7 heteroatoms. The molecule has 2 aromatic rings. The van der Waals surface area contributed by atoms with Crippen LogP contribution in [0.15, 0.2) is 41.8 Å². The van der Waals surface area contributed by atoms with E-state index < -0.39 is 12.0 Å². The van der Waals surface area contributed by atoms with Crippen LogP contribution in [0.4, 0.5) is 0 Å². The van der Waals surface area contributed by atoms with Crippen molar-refractivity contribution in [3.63, 3.8) is 0 Å². The van der Waals surface area contributed by atoms with Gasteiger partial charge in [0.2, 0.25) is 0 Å². The molecule has 2 atom stereocenters. The molecule has 6 nitrogen and oxygen atoms in total. The number of hydrogen-bond donors (Lipinski definition) is 1. The molecule has 0 spiro atoms. The Morgan fingerprint density at radius 3 is 2.79 bits per heavy atom. The van der Waals surface area contributed by atoms with Crippen LogP contribution >= 0.6 is 11.3 Å². The number of nitrogens with one attached hydrogen (secondary N) is 1. The van der Waals surface area contributed by atoms with Gasteiger partial charge in [-0.15, -0.1) is 11.3 Å². The summed E-state index contributed by atoms with van der Waals surface area (Å²) < 4.78 is 5.27. The fourth-order valence-corrected chi connectivity index (χ4v) is 4.85. The van der Waals surface area contributed by atoms with Crippen LogP contribution < -0.4 is 5.32 Å². The van der Waals surface area contributed by atoms with E-state index in [1.807, 2.05) is 29.6 Å². The predicted molar refractivity (Wildman–Crippen MR) is 110 cm³/mol. The van der Waals surface area contributed by atoms with Crippen molar-refractivity contribution in [2.45, 2.75) is 44.2 Å². The molecule has 2 amide bonds. The Morgan fingerprint density at radius 2 is 1.97 bits per heavy atom. The van der Waals surface area contributed by atoms with E-state index in [9.17, 15) is 14.4 Å². The maximum atomic E-state index is 12.6. The maximum Gasteiger partial charge on any atom is 0.329 e. The zero-order chi connectivity index (χ0) is 20.2. The fraction of sp³-hybridized carbons (Fsp3) is 0.409. The summed E-state index contributed by atoms with van der Waals surface area (Å²) in [5, 5.41) is 4.82. The first-order valence-corrected chi connectivity index (χ1v) is 10.9. The van der Waals surface area contributed by atoms with E-state index in [0.29, 0.717) is 17.8 Å². The fourth-order valence-electron chi connectivity index (χ4n) is 4.17. The number of likely N-dealkylation sites (tertiary alicyclic amines) is 1. The lowest BCUT2D eigenvalue weighted by Crippen LogP contribution is -2.42. The average Bonchev–Trinajstić information content (AvgIpc) is 3.44. The number of ether oxygens (including phenoxy) is 1. The van der Waals surface area contributed by atoms with E-state index in [1.165, 1.54) is 16.9 Å². The highest BCUT2D eigenvalue weighted by Gasteiger charge is 2.36. The van der Waals surface area contributed by atoms with Crippen molar-refractivity contribution >= 4 is 29.1 Å². The number of benzene rings is 1. The molecule has 1 aliphatic heterocycles. The minimum absolute atomic E-state index is 0.0467. The second-order valence-corrected chi connectivity index (χ2v) is 8.40. The molecule has 1 aromatic carbocycles. The molecule has 0 bridgehead atoms. The maximum absolute atomic E-state index is 12.6. The standard InChI is InChI=1S/C22H24N2O4S/c25-20(23-17-9-3-7-15-6-1-2-8-16(15)17)14-28-22(27)18-10-4-12-24(18)21(26)19-11-5-13-29-19/h1-2,5-6,8,11,13,17-18H,3-4,7,9-10,12,14H2,(H,23,25). The second-order valence-electron chi connectivity index (χ2n) is 7.45. The number of aryl methyl sites for hydroxylation is 1. The van der Waals surface area contributed by atoms with Gasteiger partial charge in [-0.05, 0) is 54.7 Å². The molecule has 2 heterocycles. The number of esters is 1. The minimum atomic E-state index is -0.618. The monoisotopic (exact) mass is 412 g/mol. The third-order valence-corrected chi connectivity index (χ3v) is 6.43. The van der Waals surface area contributed by atoms with Crippen molar-refractivity contribution in [2.75, 3.05) is 13.2 Å². The third kappa shape index (κ3) is 4.34. The Labute approximate surface area is 173 Å². The largest absolute Gasteiger partial charge is 0.454 e. The molecule has 0 radical (unpaired) electrons. The Balaban J connectivity index is 1.31. The van der Waals surface area contributed by atoms with Gasteiger partial charge >= 0.3 is 5.97 Å². The Kier molecular flexibility index (Phi) is 5.94. The molecule has 152 valence electrons. The van der Waals surface area contributed by atoms with Crippen LogP contribution in [0, 0.1) is 0 Å². The molecule has 1 fully saturated rings. The number of carbonyl (C=O) groups is 3. The highest BCUT2D eigenvalue weighted by molar-refractivity contribution is 7.12. The van der Waals surface area contributed by atoms with E-state index in [4.69, 9.17) is 4.74 Å². The molecule has 0 saturated carbocycles. The molecule has 1 aliphatic carbocycles. The smallest absolute Gasteiger partial charge is 0.329 e. The summed E-state index contributed by atoms with van der Waals surface area (Å²) in [6, 6.07) is 11.0.